The molecule has 0 bridgehead atoms. The summed E-state index contributed by atoms with van der Waals surface area (Å²) in [5.74, 6) is 0. The van der Waals surface area contributed by atoms with Crippen molar-refractivity contribution in [1.29, 1.82) is 0 Å². The quantitative estimate of drug-likeness (QED) is 0.653. The number of nitrogens with one attached hydrogen (secondary N) is 1. The van der Waals surface area contributed by atoms with Crippen LogP contribution in [0.4, 0.5) is 6.01 Å². The van der Waals surface area contributed by atoms with Crippen molar-refractivity contribution in [2.24, 2.45) is 0 Å². The monoisotopic (exact) mass is 245 g/mol. The van der Waals surface area contributed by atoms with Crippen molar-refractivity contribution >= 4 is 14.7 Å². The van der Waals surface area contributed by atoms with E-state index in [0.717, 1.165) is 6.42 Å². The van der Waals surface area contributed by atoms with E-state index in [0.29, 0.717) is 14.7 Å². The molecule has 1 unspecified atom stereocenters. The Morgan fingerprint density at radius 3 is 2.44 bits per heavy atom. The van der Waals surface area contributed by atoms with E-state index in [9.17, 15) is 0 Å². The van der Waals surface area contributed by atoms with Crippen LogP contribution in [0.2, 0.25) is 0 Å². The van der Waals surface area contributed by atoms with E-state index in [1.165, 1.54) is 0 Å². The normalized spacial score (nSPS) is 13.6. The van der Waals surface area contributed by atoms with Gasteiger partial charge in [0.1, 0.15) is 0 Å². The van der Waals surface area contributed by atoms with Crippen LogP contribution in [0.15, 0.2) is 4.52 Å². The van der Waals surface area contributed by atoms with Gasteiger partial charge in [-0.2, -0.15) is 0 Å². The smallest absolute Gasteiger partial charge is 0.314 e. The molecule has 1 aromatic heterocycles. The van der Waals surface area contributed by atoms with Crippen LogP contribution in [0, 0.1) is 0 Å². The zero-order valence-electron chi connectivity index (χ0n) is 11.0. The molecule has 1 rings (SSSR count). The van der Waals surface area contributed by atoms with Crippen LogP contribution < -0.4 is 9.88 Å². The first-order valence-corrected chi connectivity index (χ1v) is 6.54. The molecular formula is C10H22N4OP+. The van der Waals surface area contributed by atoms with Crippen molar-refractivity contribution in [3.05, 3.63) is 0 Å². The maximum Gasteiger partial charge on any atom is 0.391 e. The van der Waals surface area contributed by atoms with Crippen LogP contribution in [0.25, 0.3) is 0 Å². The molecule has 1 aromatic rings. The summed E-state index contributed by atoms with van der Waals surface area (Å²) in [4.78, 5) is 1.63. The summed E-state index contributed by atoms with van der Waals surface area (Å²) in [6, 6.07) is 0.495. The highest BCUT2D eigenvalue weighted by Gasteiger charge is 2.33. The summed E-state index contributed by atoms with van der Waals surface area (Å²) < 4.78 is 5.15. The van der Waals surface area contributed by atoms with Crippen LogP contribution in [0.1, 0.15) is 48.0 Å². The molecule has 0 saturated carbocycles. The molecule has 0 aromatic carbocycles. The van der Waals surface area contributed by atoms with E-state index in [1.54, 1.807) is 4.80 Å². The Morgan fingerprint density at radius 2 is 1.94 bits per heavy atom. The van der Waals surface area contributed by atoms with Gasteiger partial charge in [-0.3, -0.25) is 4.52 Å². The molecule has 0 amide bonds. The Bertz CT molecular complexity index is 343. The number of hydrogen-bond acceptors (Lipinski definition) is 4. The minimum absolute atomic E-state index is 0.103. The average Bonchev–Trinajstić information content (AvgIpc) is 2.62. The third kappa shape index (κ3) is 3.71. The number of aromatic nitrogens is 3. The predicted molar refractivity (Wildman–Crippen MR) is 65.8 cm³/mol. The van der Waals surface area contributed by atoms with E-state index < -0.39 is 0 Å². The lowest BCUT2D eigenvalue weighted by atomic mass is 10.0. The van der Waals surface area contributed by atoms with Gasteiger partial charge in [-0.1, -0.05) is 27.7 Å². The first-order valence-electron chi connectivity index (χ1n) is 5.54. The fraction of sp³-hybridized carbons (Fsp3) is 0.900. The Kier molecular flexibility index (Phi) is 3.89. The van der Waals surface area contributed by atoms with Crippen molar-refractivity contribution in [3.63, 3.8) is 0 Å². The van der Waals surface area contributed by atoms with Gasteiger partial charge in [0.25, 0.3) is 0 Å². The molecule has 0 aliphatic carbocycles. The lowest BCUT2D eigenvalue weighted by Crippen LogP contribution is -2.55. The largest absolute Gasteiger partial charge is 0.391 e. The molecule has 92 valence electrons. The maximum absolute atomic E-state index is 5.15. The van der Waals surface area contributed by atoms with Gasteiger partial charge in [0.15, 0.2) is 0 Å². The van der Waals surface area contributed by atoms with Gasteiger partial charge in [-0.25, -0.2) is 0 Å². The van der Waals surface area contributed by atoms with Crippen LogP contribution in [0.3, 0.4) is 0 Å². The predicted octanol–water partition coefficient (Wildman–Crippen LogP) is 2.31. The van der Waals surface area contributed by atoms with E-state index in [-0.39, 0.29) is 10.7 Å². The van der Waals surface area contributed by atoms with Gasteiger partial charge in [0.05, 0.1) is 9.90 Å². The van der Waals surface area contributed by atoms with Crippen molar-refractivity contribution in [2.75, 3.05) is 5.09 Å². The molecule has 0 aliphatic rings. The molecule has 1 atom stereocenters. The zero-order chi connectivity index (χ0) is 12.4. The van der Waals surface area contributed by atoms with Gasteiger partial charge >= 0.3 is 6.01 Å². The number of nitrogens with zero attached hydrogens (tertiary/aromatic N) is 3. The Morgan fingerprint density at radius 1 is 1.31 bits per heavy atom. The van der Waals surface area contributed by atoms with Gasteiger partial charge < -0.3 is 5.09 Å². The molecule has 5 nitrogen and oxygen atoms in total. The molecule has 1 N–H and O–H groups in total. The number of hydrogen-bond donors (Lipinski definition) is 1. The molecule has 0 spiro atoms. The highest BCUT2D eigenvalue weighted by Crippen LogP contribution is 2.30. The van der Waals surface area contributed by atoms with E-state index in [1.807, 2.05) is 0 Å². The molecular weight excluding hydrogens is 223 g/mol. The van der Waals surface area contributed by atoms with Crippen LogP contribution in [-0.4, -0.2) is 15.5 Å². The lowest BCUT2D eigenvalue weighted by molar-refractivity contribution is -0.862. The highest BCUT2D eigenvalue weighted by molar-refractivity contribution is 7.41. The van der Waals surface area contributed by atoms with Gasteiger partial charge in [0.2, 0.25) is 10.8 Å². The molecule has 6 heteroatoms. The lowest BCUT2D eigenvalue weighted by Gasteiger charge is -2.16. The third-order valence-corrected chi connectivity index (χ3v) is 3.43. The van der Waals surface area contributed by atoms with Crippen LogP contribution in [-0.2, 0) is 5.54 Å². The van der Waals surface area contributed by atoms with E-state index in [4.69, 9.17) is 4.52 Å². The first-order chi connectivity index (χ1) is 7.24. The minimum Gasteiger partial charge on any atom is -0.314 e. The molecule has 1 heterocycles. The summed E-state index contributed by atoms with van der Waals surface area (Å²) in [6.07, 6.45) is 0.957. The second kappa shape index (κ2) is 4.66. The molecule has 16 heavy (non-hydrogen) atoms. The fourth-order valence-corrected chi connectivity index (χ4v) is 1.45. The average molecular weight is 245 g/mol. The van der Waals surface area contributed by atoms with Gasteiger partial charge in [-0.15, -0.1) is 0 Å². The maximum atomic E-state index is 5.15. The molecule has 0 radical (unpaired) electrons. The van der Waals surface area contributed by atoms with Crippen LogP contribution in [0.5, 0.6) is 0 Å². The number of anilines is 1. The summed E-state index contributed by atoms with van der Waals surface area (Å²) >= 11 is 0. The second-order valence-corrected chi connectivity index (χ2v) is 7.53. The Balaban J connectivity index is 2.66. The Labute approximate surface area is 98.8 Å². The molecule has 0 fully saturated rings. The van der Waals surface area contributed by atoms with Crippen LogP contribution >= 0.6 is 8.73 Å². The minimum atomic E-state index is -0.103. The topological polar surface area (TPSA) is 54.8 Å². The van der Waals surface area contributed by atoms with Crippen molar-refractivity contribution in [3.8, 4) is 0 Å². The fourth-order valence-electron chi connectivity index (χ4n) is 0.876. The summed E-state index contributed by atoms with van der Waals surface area (Å²) in [5, 5.41) is 11.6. The SMILES string of the molecule is CCC(C)(C)[n+]1noc(NPC(C)(C)C)n1. The third-order valence-electron chi connectivity index (χ3n) is 2.34. The summed E-state index contributed by atoms with van der Waals surface area (Å²) in [5.41, 5.74) is -0.103. The Hall–Kier alpha value is -0.700. The van der Waals surface area contributed by atoms with E-state index in [2.05, 4.69) is 57.0 Å². The summed E-state index contributed by atoms with van der Waals surface area (Å²) in [6.45, 7) is 12.8. The first kappa shape index (κ1) is 13.4. The van der Waals surface area contributed by atoms with Crippen molar-refractivity contribution in [1.82, 2.24) is 10.4 Å². The van der Waals surface area contributed by atoms with Crippen molar-refractivity contribution in [2.45, 2.75) is 58.7 Å². The van der Waals surface area contributed by atoms with Crippen molar-refractivity contribution < 1.29 is 9.32 Å². The summed E-state index contributed by atoms with van der Waals surface area (Å²) in [7, 11) is 0.557. The molecule has 0 aliphatic heterocycles. The second-order valence-electron chi connectivity index (χ2n) is 5.53. The number of rotatable bonds is 4. The van der Waals surface area contributed by atoms with E-state index >= 15 is 0 Å². The van der Waals surface area contributed by atoms with Gasteiger partial charge in [-0.05, 0) is 13.9 Å². The standard InChI is InChI=1S/C10H22N4OP/c1-7-10(5,6)14-11-8(15-13-14)12-16-9(2,3)4/h16H,7H2,1-6H3,(H,11,12,13)/q+1. The van der Waals surface area contributed by atoms with Gasteiger partial charge in [0, 0.05) is 20.3 Å². The highest BCUT2D eigenvalue weighted by atomic mass is 31.1. The molecule has 0 saturated heterocycles. The zero-order valence-corrected chi connectivity index (χ0v) is 12.0.